The second kappa shape index (κ2) is 10.1. The summed E-state index contributed by atoms with van der Waals surface area (Å²) in [5.41, 5.74) is -0.580. The van der Waals surface area contributed by atoms with Crippen LogP contribution in [0.25, 0.3) is 0 Å². The maximum Gasteiger partial charge on any atom is 0.416 e. The number of hydrogen-bond acceptors (Lipinski definition) is 3. The van der Waals surface area contributed by atoms with E-state index in [2.05, 4.69) is 5.32 Å². The maximum atomic E-state index is 13.2. The molecule has 2 aromatic carbocycles. The molecule has 2 aromatic rings. The van der Waals surface area contributed by atoms with Gasteiger partial charge in [-0.05, 0) is 69.0 Å². The lowest BCUT2D eigenvalue weighted by Gasteiger charge is -2.40. The predicted octanol–water partition coefficient (Wildman–Crippen LogP) is 7.40. The summed E-state index contributed by atoms with van der Waals surface area (Å²) in [6, 6.07) is 6.41. The Labute approximate surface area is 200 Å². The number of aryl methyl sites for hydroxylation is 1. The molecule has 2 atom stereocenters. The van der Waals surface area contributed by atoms with E-state index >= 15 is 0 Å². The van der Waals surface area contributed by atoms with Gasteiger partial charge >= 0.3 is 18.4 Å². The van der Waals surface area contributed by atoms with E-state index in [4.69, 9.17) is 4.74 Å². The number of fused-ring (bicyclic) bond motifs is 1. The minimum atomic E-state index is -4.91. The van der Waals surface area contributed by atoms with Crippen LogP contribution in [0.2, 0.25) is 0 Å². The van der Waals surface area contributed by atoms with Crippen LogP contribution in [0.15, 0.2) is 36.4 Å². The summed E-state index contributed by atoms with van der Waals surface area (Å²) in [5, 5.41) is 3.13. The highest BCUT2D eigenvalue weighted by molar-refractivity contribution is 5.90. The Morgan fingerprint density at radius 1 is 1.06 bits per heavy atom. The SMILES string of the molecule is CC[C@@H]1C[C@H](NCc2cc(C(F)(F)F)cc(C(F)(F)F)c2)c2cc(C)ccc2N1C(=O)OC(C)C. The average Bonchev–Trinajstić information content (AvgIpc) is 2.75. The first-order valence-corrected chi connectivity index (χ1v) is 11.3. The monoisotopic (exact) mass is 502 g/mol. The Morgan fingerprint density at radius 2 is 1.66 bits per heavy atom. The highest BCUT2D eigenvalue weighted by atomic mass is 19.4. The molecule has 35 heavy (non-hydrogen) atoms. The summed E-state index contributed by atoms with van der Waals surface area (Å²) in [7, 11) is 0. The molecule has 10 heteroatoms. The van der Waals surface area contributed by atoms with Gasteiger partial charge in [0.25, 0.3) is 0 Å². The Bertz CT molecular complexity index is 1030. The number of carbonyl (C=O) groups excluding carboxylic acids is 1. The van der Waals surface area contributed by atoms with E-state index in [1.54, 1.807) is 24.8 Å². The van der Waals surface area contributed by atoms with Crippen molar-refractivity contribution in [3.63, 3.8) is 0 Å². The van der Waals surface area contributed by atoms with Gasteiger partial charge in [0.05, 0.1) is 22.9 Å². The first-order chi connectivity index (χ1) is 16.2. The summed E-state index contributed by atoms with van der Waals surface area (Å²) in [5.74, 6) is 0. The second-order valence-corrected chi connectivity index (χ2v) is 9.01. The molecule has 0 spiro atoms. The van der Waals surface area contributed by atoms with E-state index in [1.165, 1.54) is 0 Å². The first kappa shape index (κ1) is 26.8. The number of amides is 1. The van der Waals surface area contributed by atoms with Crippen molar-refractivity contribution >= 4 is 11.8 Å². The van der Waals surface area contributed by atoms with E-state index in [0.29, 0.717) is 18.5 Å². The minimum absolute atomic E-state index is 0.119. The fraction of sp³-hybridized carbons (Fsp3) is 0.480. The molecule has 0 unspecified atom stereocenters. The van der Waals surface area contributed by atoms with Crippen LogP contribution >= 0.6 is 0 Å². The van der Waals surface area contributed by atoms with Crippen LogP contribution in [0.4, 0.5) is 36.8 Å². The molecule has 0 bridgehead atoms. The van der Waals surface area contributed by atoms with Gasteiger partial charge in [-0.25, -0.2) is 4.79 Å². The second-order valence-electron chi connectivity index (χ2n) is 9.01. The Morgan fingerprint density at radius 3 is 2.17 bits per heavy atom. The van der Waals surface area contributed by atoms with Gasteiger partial charge in [0, 0.05) is 18.6 Å². The molecule has 1 aliphatic rings. The zero-order valence-electron chi connectivity index (χ0n) is 19.8. The first-order valence-electron chi connectivity index (χ1n) is 11.3. The molecule has 0 aromatic heterocycles. The summed E-state index contributed by atoms with van der Waals surface area (Å²) in [6.45, 7) is 7.04. The standard InChI is InChI=1S/C25H28F6N2O2/c1-5-19-12-21(20-8-15(4)6-7-22(20)33(19)23(34)35-14(2)3)32-13-16-9-17(24(26,27)28)11-18(10-16)25(29,30)31/h6-11,14,19,21,32H,5,12-13H2,1-4H3/t19-,21+/m1/s1. The molecule has 192 valence electrons. The smallest absolute Gasteiger partial charge is 0.416 e. The summed E-state index contributed by atoms with van der Waals surface area (Å²) in [4.78, 5) is 14.4. The molecule has 0 saturated heterocycles. The Kier molecular flexibility index (Phi) is 7.74. The lowest BCUT2D eigenvalue weighted by Crippen LogP contribution is -2.47. The van der Waals surface area contributed by atoms with Crippen LogP contribution in [-0.2, 0) is 23.6 Å². The Hall–Kier alpha value is -2.75. The molecule has 0 saturated carbocycles. The molecular formula is C25H28F6N2O2. The van der Waals surface area contributed by atoms with Crippen LogP contribution in [0, 0.1) is 6.92 Å². The van der Waals surface area contributed by atoms with Crippen molar-refractivity contribution in [3.8, 4) is 0 Å². The summed E-state index contributed by atoms with van der Waals surface area (Å²) in [6.07, 6.45) is -9.63. The quantitative estimate of drug-likeness (QED) is 0.433. The predicted molar refractivity (Wildman–Crippen MR) is 120 cm³/mol. The largest absolute Gasteiger partial charge is 0.446 e. The zero-order valence-corrected chi connectivity index (χ0v) is 19.8. The number of ether oxygens (including phenoxy) is 1. The molecular weight excluding hydrogens is 474 g/mol. The van der Waals surface area contributed by atoms with Crippen LogP contribution in [-0.4, -0.2) is 18.2 Å². The molecule has 0 aliphatic carbocycles. The summed E-state index contributed by atoms with van der Waals surface area (Å²) >= 11 is 0. The molecule has 1 N–H and O–H groups in total. The third-order valence-corrected chi connectivity index (χ3v) is 5.90. The molecule has 0 radical (unpaired) electrons. The van der Waals surface area contributed by atoms with Crippen LogP contribution < -0.4 is 10.2 Å². The minimum Gasteiger partial charge on any atom is -0.446 e. The third kappa shape index (κ3) is 6.28. The van der Waals surface area contributed by atoms with Crippen molar-refractivity contribution in [1.82, 2.24) is 5.32 Å². The van der Waals surface area contributed by atoms with Gasteiger partial charge in [0.15, 0.2) is 0 Å². The van der Waals surface area contributed by atoms with Crippen molar-refractivity contribution in [2.45, 2.75) is 77.6 Å². The van der Waals surface area contributed by atoms with E-state index < -0.39 is 29.6 Å². The number of hydrogen-bond donors (Lipinski definition) is 1. The normalized spacial score (nSPS) is 18.5. The van der Waals surface area contributed by atoms with E-state index in [-0.39, 0.29) is 36.4 Å². The van der Waals surface area contributed by atoms with Gasteiger partial charge in [-0.3, -0.25) is 4.90 Å². The number of benzene rings is 2. The van der Waals surface area contributed by atoms with E-state index in [1.807, 2.05) is 26.0 Å². The lowest BCUT2D eigenvalue weighted by molar-refractivity contribution is -0.143. The number of halogens is 6. The molecule has 0 fully saturated rings. The van der Waals surface area contributed by atoms with Gasteiger partial charge in [0.1, 0.15) is 0 Å². The number of nitrogens with one attached hydrogen (secondary N) is 1. The average molecular weight is 502 g/mol. The lowest BCUT2D eigenvalue weighted by atomic mass is 9.89. The highest BCUT2D eigenvalue weighted by Crippen LogP contribution is 2.40. The third-order valence-electron chi connectivity index (χ3n) is 5.90. The van der Waals surface area contributed by atoms with E-state index in [0.717, 1.165) is 23.3 Å². The zero-order chi connectivity index (χ0) is 26.1. The molecule has 1 amide bonds. The molecule has 4 nitrogen and oxygen atoms in total. The highest BCUT2D eigenvalue weighted by Gasteiger charge is 2.38. The van der Waals surface area contributed by atoms with Crippen molar-refractivity contribution < 1.29 is 35.9 Å². The van der Waals surface area contributed by atoms with Crippen LogP contribution in [0.5, 0.6) is 0 Å². The maximum absolute atomic E-state index is 13.2. The number of alkyl halides is 6. The van der Waals surface area contributed by atoms with Crippen molar-refractivity contribution in [2.75, 3.05) is 4.90 Å². The van der Waals surface area contributed by atoms with Gasteiger partial charge in [-0.15, -0.1) is 0 Å². The van der Waals surface area contributed by atoms with Gasteiger partial charge in [-0.2, -0.15) is 26.3 Å². The Balaban J connectivity index is 1.95. The topological polar surface area (TPSA) is 41.6 Å². The fourth-order valence-electron chi connectivity index (χ4n) is 4.28. The van der Waals surface area contributed by atoms with E-state index in [9.17, 15) is 31.1 Å². The van der Waals surface area contributed by atoms with Gasteiger partial charge in [-0.1, -0.05) is 24.6 Å². The molecule has 1 aliphatic heterocycles. The number of anilines is 1. The van der Waals surface area contributed by atoms with Crippen molar-refractivity contribution in [1.29, 1.82) is 0 Å². The molecule has 1 heterocycles. The summed E-state index contributed by atoms with van der Waals surface area (Å²) < 4.78 is 84.9. The number of rotatable bonds is 5. The van der Waals surface area contributed by atoms with Gasteiger partial charge in [0.2, 0.25) is 0 Å². The molecule has 3 rings (SSSR count). The fourth-order valence-corrected chi connectivity index (χ4v) is 4.28. The number of nitrogens with zero attached hydrogens (tertiary/aromatic N) is 1. The van der Waals surface area contributed by atoms with Crippen LogP contribution in [0.1, 0.15) is 67.5 Å². The van der Waals surface area contributed by atoms with Crippen molar-refractivity contribution in [2.24, 2.45) is 0 Å². The van der Waals surface area contributed by atoms with Crippen LogP contribution in [0.3, 0.4) is 0 Å². The van der Waals surface area contributed by atoms with Crippen molar-refractivity contribution in [3.05, 3.63) is 64.2 Å². The number of carbonyl (C=O) groups is 1. The van der Waals surface area contributed by atoms with Gasteiger partial charge < -0.3 is 10.1 Å².